The van der Waals surface area contributed by atoms with Crippen LogP contribution in [0.3, 0.4) is 0 Å². The molecule has 3 atom stereocenters. The lowest BCUT2D eigenvalue weighted by atomic mass is 9.88. The first-order chi connectivity index (χ1) is 12.9. The van der Waals surface area contributed by atoms with Crippen LogP contribution in [-0.2, 0) is 11.0 Å². The van der Waals surface area contributed by atoms with Crippen molar-refractivity contribution in [1.29, 1.82) is 5.26 Å². The number of nitrogens with zero attached hydrogens (tertiary/aromatic N) is 3. The summed E-state index contributed by atoms with van der Waals surface area (Å²) in [5.74, 6) is -0.448. The molecule has 3 heterocycles. The van der Waals surface area contributed by atoms with Crippen molar-refractivity contribution in [3.63, 3.8) is 0 Å². The number of benzene rings is 1. The molecule has 0 unspecified atom stereocenters. The van der Waals surface area contributed by atoms with Gasteiger partial charge in [-0.2, -0.15) is 18.4 Å². The van der Waals surface area contributed by atoms with E-state index in [0.29, 0.717) is 22.8 Å². The van der Waals surface area contributed by atoms with Gasteiger partial charge in [-0.25, -0.2) is 4.98 Å². The molecule has 1 aromatic heterocycles. The van der Waals surface area contributed by atoms with Gasteiger partial charge in [-0.1, -0.05) is 12.1 Å². The summed E-state index contributed by atoms with van der Waals surface area (Å²) in [6.45, 7) is 0. The van der Waals surface area contributed by atoms with E-state index in [0.717, 1.165) is 25.0 Å². The minimum atomic E-state index is -4.42. The van der Waals surface area contributed by atoms with Gasteiger partial charge in [0.2, 0.25) is 5.91 Å². The smallest absolute Gasteiger partial charge is 0.304 e. The highest BCUT2D eigenvalue weighted by molar-refractivity contribution is 7.14. The van der Waals surface area contributed by atoms with E-state index in [4.69, 9.17) is 0 Å². The van der Waals surface area contributed by atoms with E-state index in [1.807, 2.05) is 0 Å². The maximum Gasteiger partial charge on any atom is 0.416 e. The van der Waals surface area contributed by atoms with Gasteiger partial charge in [0.15, 0.2) is 11.3 Å². The van der Waals surface area contributed by atoms with E-state index in [9.17, 15) is 23.2 Å². The fraction of sp³-hybridized carbons (Fsp3) is 0.389. The predicted molar refractivity (Wildman–Crippen MR) is 93.6 cm³/mol. The zero-order valence-corrected chi connectivity index (χ0v) is 14.8. The van der Waals surface area contributed by atoms with E-state index in [2.05, 4.69) is 16.5 Å². The van der Waals surface area contributed by atoms with Gasteiger partial charge >= 0.3 is 6.18 Å². The van der Waals surface area contributed by atoms with E-state index in [-0.39, 0.29) is 23.9 Å². The molecule has 5 nitrogen and oxygen atoms in total. The number of rotatable bonds is 3. The lowest BCUT2D eigenvalue weighted by molar-refractivity contribution is -0.137. The van der Waals surface area contributed by atoms with Crippen LogP contribution in [0.25, 0.3) is 11.3 Å². The van der Waals surface area contributed by atoms with Gasteiger partial charge in [-0.05, 0) is 31.4 Å². The number of carbonyl (C=O) groups is 1. The molecule has 0 spiro atoms. The average Bonchev–Trinajstić information content (AvgIpc) is 3.35. The van der Waals surface area contributed by atoms with Gasteiger partial charge in [0.25, 0.3) is 0 Å². The van der Waals surface area contributed by atoms with Crippen LogP contribution in [0, 0.1) is 17.4 Å². The first kappa shape index (κ1) is 17.8. The largest absolute Gasteiger partial charge is 0.416 e. The van der Waals surface area contributed by atoms with Crippen molar-refractivity contribution in [3.8, 4) is 17.5 Å². The number of nitriles is 1. The van der Waals surface area contributed by atoms with Gasteiger partial charge < -0.3 is 10.2 Å². The third-order valence-corrected chi connectivity index (χ3v) is 5.97. The van der Waals surface area contributed by atoms with Crippen LogP contribution in [0.2, 0.25) is 0 Å². The molecule has 2 aliphatic rings. The van der Waals surface area contributed by atoms with Crippen LogP contribution >= 0.6 is 11.3 Å². The van der Waals surface area contributed by atoms with Gasteiger partial charge in [-0.3, -0.25) is 4.79 Å². The van der Waals surface area contributed by atoms with Crippen molar-refractivity contribution in [2.45, 2.75) is 37.5 Å². The fourth-order valence-corrected chi connectivity index (χ4v) is 4.67. The maximum absolute atomic E-state index is 12.9. The third kappa shape index (κ3) is 3.25. The van der Waals surface area contributed by atoms with E-state index < -0.39 is 11.7 Å². The van der Waals surface area contributed by atoms with Crippen LogP contribution in [-0.4, -0.2) is 27.9 Å². The quantitative estimate of drug-likeness (QED) is 0.799. The molecule has 2 bridgehead atoms. The summed E-state index contributed by atoms with van der Waals surface area (Å²) in [6.07, 6.45) is 0.148. The minimum absolute atomic E-state index is 0.0668. The van der Waals surface area contributed by atoms with Gasteiger partial charge in [0.1, 0.15) is 0 Å². The number of alkyl halides is 3. The van der Waals surface area contributed by atoms with Gasteiger partial charge in [0.05, 0.1) is 23.2 Å². The Hall–Kier alpha value is -2.60. The summed E-state index contributed by atoms with van der Waals surface area (Å²) in [5, 5.41) is 13.9. The number of thiazole rings is 1. The molecule has 2 aliphatic heterocycles. The number of amides is 1. The van der Waals surface area contributed by atoms with Crippen molar-refractivity contribution in [2.75, 3.05) is 5.32 Å². The molecule has 2 fully saturated rings. The molecule has 9 heteroatoms. The molecule has 2 saturated heterocycles. The Kier molecular flexibility index (Phi) is 4.30. The molecule has 0 saturated carbocycles. The summed E-state index contributed by atoms with van der Waals surface area (Å²) in [4.78, 5) is 18.5. The van der Waals surface area contributed by atoms with Crippen LogP contribution < -0.4 is 5.32 Å². The highest BCUT2D eigenvalue weighted by atomic mass is 32.1. The van der Waals surface area contributed by atoms with Crippen molar-refractivity contribution in [1.82, 2.24) is 9.88 Å². The summed E-state index contributed by atoms with van der Waals surface area (Å²) in [7, 11) is 0. The monoisotopic (exact) mass is 392 g/mol. The van der Waals surface area contributed by atoms with Gasteiger partial charge in [0, 0.05) is 17.0 Å². The number of hydrogen-bond donors (Lipinski definition) is 1. The minimum Gasteiger partial charge on any atom is -0.304 e. The van der Waals surface area contributed by atoms with E-state index >= 15 is 0 Å². The van der Waals surface area contributed by atoms with E-state index in [1.54, 1.807) is 16.3 Å². The number of halogens is 3. The molecule has 140 valence electrons. The number of fused-ring (bicyclic) bond motifs is 2. The fourth-order valence-electron chi connectivity index (χ4n) is 3.94. The van der Waals surface area contributed by atoms with E-state index in [1.165, 1.54) is 17.4 Å². The zero-order valence-electron chi connectivity index (χ0n) is 14.0. The topological polar surface area (TPSA) is 69.0 Å². The highest BCUT2D eigenvalue weighted by Crippen LogP contribution is 2.41. The molecular weight excluding hydrogens is 377 g/mol. The summed E-state index contributed by atoms with van der Waals surface area (Å²) < 4.78 is 38.6. The Balaban J connectivity index is 1.48. The normalized spacial score (nSPS) is 24.1. The maximum atomic E-state index is 12.9. The van der Waals surface area contributed by atoms with Crippen LogP contribution in [0.15, 0.2) is 29.6 Å². The average molecular weight is 392 g/mol. The Bertz CT molecular complexity index is 920. The van der Waals surface area contributed by atoms with Crippen molar-refractivity contribution >= 4 is 22.4 Å². The van der Waals surface area contributed by atoms with Crippen molar-refractivity contribution in [2.24, 2.45) is 5.92 Å². The molecular formula is C18H15F3N4OS. The Morgan fingerprint density at radius 2 is 2.19 bits per heavy atom. The second-order valence-corrected chi connectivity index (χ2v) is 7.61. The van der Waals surface area contributed by atoms with Gasteiger partial charge in [-0.15, -0.1) is 11.3 Å². The first-order valence-electron chi connectivity index (χ1n) is 8.49. The molecule has 4 rings (SSSR count). The molecule has 1 aromatic carbocycles. The lowest BCUT2D eigenvalue weighted by Crippen LogP contribution is -2.33. The molecule has 0 aliphatic carbocycles. The third-order valence-electron chi connectivity index (χ3n) is 5.21. The SMILES string of the molecule is N#CN1[C@H]2CC[C@@H]1[C@@H](C(=O)Nc1nc(-c3cccc(C(F)(F)F)c3)cs1)C2. The van der Waals surface area contributed by atoms with Crippen LogP contribution in [0.5, 0.6) is 0 Å². The standard InChI is InChI=1S/C18H15F3N4OS/c19-18(20,21)11-3-1-2-10(6-11)14-8-27-17(23-14)24-16(26)13-7-12-4-5-15(13)25(12)9-22/h1-3,6,8,12-13,15H,4-5,7H2,(H,23,24,26)/t12-,13-,15+/m0/s1. The Labute approximate surface area is 157 Å². The highest BCUT2D eigenvalue weighted by Gasteiger charge is 2.49. The Morgan fingerprint density at radius 1 is 1.37 bits per heavy atom. The lowest BCUT2D eigenvalue weighted by Gasteiger charge is -2.19. The summed E-state index contributed by atoms with van der Waals surface area (Å²) in [6, 6.07) is 5.00. The number of anilines is 1. The number of aromatic nitrogens is 1. The zero-order chi connectivity index (χ0) is 19.2. The van der Waals surface area contributed by atoms with Crippen molar-refractivity contribution < 1.29 is 18.0 Å². The molecule has 0 radical (unpaired) electrons. The first-order valence-corrected chi connectivity index (χ1v) is 9.37. The van der Waals surface area contributed by atoms with Crippen molar-refractivity contribution in [3.05, 3.63) is 35.2 Å². The molecule has 1 amide bonds. The summed E-state index contributed by atoms with van der Waals surface area (Å²) >= 11 is 1.17. The van der Waals surface area contributed by atoms with Crippen LogP contribution in [0.1, 0.15) is 24.8 Å². The number of nitrogens with one attached hydrogen (secondary N) is 1. The van der Waals surface area contributed by atoms with Crippen LogP contribution in [0.4, 0.5) is 18.3 Å². The summed E-state index contributed by atoms with van der Waals surface area (Å²) in [5.41, 5.74) is -0.0118. The number of hydrogen-bond acceptors (Lipinski definition) is 5. The Morgan fingerprint density at radius 3 is 2.89 bits per heavy atom. The number of carbonyl (C=O) groups excluding carboxylic acids is 1. The molecule has 27 heavy (non-hydrogen) atoms. The molecule has 2 aromatic rings. The predicted octanol–water partition coefficient (Wildman–Crippen LogP) is 4.10. The second-order valence-electron chi connectivity index (χ2n) is 6.75. The molecule has 1 N–H and O–H groups in total. The second kappa shape index (κ2) is 6.53.